The van der Waals surface area contributed by atoms with Crippen LogP contribution in [0.4, 0.5) is 0 Å². The summed E-state index contributed by atoms with van der Waals surface area (Å²) < 4.78 is 0. The second-order valence-electron chi connectivity index (χ2n) is 6.10. The molecule has 3 rings (SSSR count). The number of hydrogen-bond donors (Lipinski definition) is 0. The topological polar surface area (TPSA) is 40.6 Å². The van der Waals surface area contributed by atoms with E-state index in [-0.39, 0.29) is 11.8 Å². The number of hydrogen-bond acceptors (Lipinski definition) is 2. The van der Waals surface area contributed by atoms with Crippen LogP contribution in [-0.4, -0.2) is 47.8 Å². The lowest BCUT2D eigenvalue weighted by molar-refractivity contribution is -0.128. The minimum absolute atomic E-state index is 0.0400. The molecule has 2 aromatic carbocycles. The van der Waals surface area contributed by atoms with Crippen molar-refractivity contribution in [2.24, 2.45) is 0 Å². The quantitative estimate of drug-likeness (QED) is 0.852. The van der Waals surface area contributed by atoms with E-state index in [0.29, 0.717) is 25.2 Å². The molecule has 0 N–H and O–H groups in total. The van der Waals surface area contributed by atoms with Crippen molar-refractivity contribution >= 4 is 11.8 Å². The smallest absolute Gasteiger partial charge is 0.253 e. The van der Waals surface area contributed by atoms with Gasteiger partial charge in [-0.25, -0.2) is 0 Å². The van der Waals surface area contributed by atoms with Crippen LogP contribution in [0, 0.1) is 0 Å². The van der Waals surface area contributed by atoms with Crippen molar-refractivity contribution in [3.05, 3.63) is 60.2 Å². The predicted octanol–water partition coefficient (Wildman–Crippen LogP) is 3.05. The average molecular weight is 322 g/mol. The van der Waals surface area contributed by atoms with Gasteiger partial charge >= 0.3 is 0 Å². The summed E-state index contributed by atoms with van der Waals surface area (Å²) in [6, 6.07) is 17.8. The maximum Gasteiger partial charge on any atom is 0.253 e. The van der Waals surface area contributed by atoms with Crippen LogP contribution in [0.15, 0.2) is 54.6 Å². The van der Waals surface area contributed by atoms with Gasteiger partial charge in [-0.05, 0) is 29.7 Å². The fourth-order valence-electron chi connectivity index (χ4n) is 3.08. The van der Waals surface area contributed by atoms with E-state index in [1.807, 2.05) is 64.4 Å². The minimum atomic E-state index is 0.0400. The van der Waals surface area contributed by atoms with Crippen LogP contribution in [0.25, 0.3) is 11.1 Å². The van der Waals surface area contributed by atoms with Gasteiger partial charge in [0, 0.05) is 38.7 Å². The number of benzene rings is 2. The zero-order chi connectivity index (χ0) is 16.9. The lowest BCUT2D eigenvalue weighted by Crippen LogP contribution is -2.36. The average Bonchev–Trinajstić information content (AvgIpc) is 2.88. The van der Waals surface area contributed by atoms with Crippen molar-refractivity contribution in [2.75, 3.05) is 26.2 Å². The van der Waals surface area contributed by atoms with Gasteiger partial charge in [0.1, 0.15) is 0 Å². The highest BCUT2D eigenvalue weighted by Crippen LogP contribution is 2.21. The van der Waals surface area contributed by atoms with E-state index in [0.717, 1.165) is 24.1 Å². The zero-order valence-corrected chi connectivity index (χ0v) is 13.9. The molecule has 0 bridgehead atoms. The van der Waals surface area contributed by atoms with Gasteiger partial charge in [0.2, 0.25) is 5.91 Å². The lowest BCUT2D eigenvalue weighted by Gasteiger charge is -2.21. The highest BCUT2D eigenvalue weighted by Gasteiger charge is 2.21. The first-order valence-electron chi connectivity index (χ1n) is 8.35. The summed E-state index contributed by atoms with van der Waals surface area (Å²) in [5, 5.41) is 0. The molecule has 1 aliphatic rings. The van der Waals surface area contributed by atoms with Gasteiger partial charge in [0.25, 0.3) is 5.91 Å². The molecule has 0 radical (unpaired) electrons. The fraction of sp³-hybridized carbons (Fsp3) is 0.300. The number of carbonyl (C=O) groups is 2. The minimum Gasteiger partial charge on any atom is -0.341 e. The van der Waals surface area contributed by atoms with Crippen molar-refractivity contribution in [3.63, 3.8) is 0 Å². The summed E-state index contributed by atoms with van der Waals surface area (Å²) in [5.41, 5.74) is 2.85. The van der Waals surface area contributed by atoms with E-state index in [1.54, 1.807) is 6.92 Å². The first kappa shape index (κ1) is 16.2. The highest BCUT2D eigenvalue weighted by molar-refractivity contribution is 5.95. The van der Waals surface area contributed by atoms with Gasteiger partial charge in [-0.15, -0.1) is 0 Å². The summed E-state index contributed by atoms with van der Waals surface area (Å²) in [7, 11) is 0. The molecule has 1 fully saturated rings. The lowest BCUT2D eigenvalue weighted by atomic mass is 10.0. The molecule has 0 aromatic heterocycles. The Hall–Kier alpha value is -2.62. The first-order chi connectivity index (χ1) is 11.6. The van der Waals surface area contributed by atoms with Crippen LogP contribution >= 0.6 is 0 Å². The second kappa shape index (κ2) is 7.30. The molecule has 124 valence electrons. The summed E-state index contributed by atoms with van der Waals surface area (Å²) >= 11 is 0. The van der Waals surface area contributed by atoms with E-state index < -0.39 is 0 Å². The van der Waals surface area contributed by atoms with E-state index in [4.69, 9.17) is 0 Å². The number of nitrogens with zero attached hydrogens (tertiary/aromatic N) is 2. The van der Waals surface area contributed by atoms with E-state index >= 15 is 0 Å². The Bertz CT molecular complexity index is 727. The highest BCUT2D eigenvalue weighted by atomic mass is 16.2. The van der Waals surface area contributed by atoms with Gasteiger partial charge in [-0.1, -0.05) is 42.5 Å². The standard InChI is InChI=1S/C20H22N2O2/c1-16(23)21-11-6-12-22(14-13-21)20(24)19-10-5-9-18(15-19)17-7-3-2-4-8-17/h2-5,7-10,15H,6,11-14H2,1H3. The molecule has 24 heavy (non-hydrogen) atoms. The van der Waals surface area contributed by atoms with Crippen LogP contribution in [-0.2, 0) is 4.79 Å². The van der Waals surface area contributed by atoms with Gasteiger partial charge in [0.15, 0.2) is 0 Å². The Balaban J connectivity index is 1.77. The van der Waals surface area contributed by atoms with Crippen LogP contribution < -0.4 is 0 Å². The van der Waals surface area contributed by atoms with Crippen molar-refractivity contribution in [1.82, 2.24) is 9.80 Å². The van der Waals surface area contributed by atoms with E-state index in [9.17, 15) is 9.59 Å². The molecular formula is C20H22N2O2. The number of rotatable bonds is 2. The molecule has 2 amide bonds. The van der Waals surface area contributed by atoms with Crippen molar-refractivity contribution in [1.29, 1.82) is 0 Å². The molecule has 0 spiro atoms. The van der Waals surface area contributed by atoms with Gasteiger partial charge < -0.3 is 9.80 Å². The van der Waals surface area contributed by atoms with Gasteiger partial charge in [-0.2, -0.15) is 0 Å². The Morgan fingerprint density at radius 3 is 2.21 bits per heavy atom. The molecule has 1 heterocycles. The van der Waals surface area contributed by atoms with E-state index in [2.05, 4.69) is 0 Å². The number of amides is 2. The van der Waals surface area contributed by atoms with Crippen molar-refractivity contribution in [3.8, 4) is 11.1 Å². The van der Waals surface area contributed by atoms with Crippen LogP contribution in [0.5, 0.6) is 0 Å². The molecule has 0 atom stereocenters. The Labute approximate surface area is 142 Å². The monoisotopic (exact) mass is 322 g/mol. The van der Waals surface area contributed by atoms with Gasteiger partial charge in [-0.3, -0.25) is 9.59 Å². The molecule has 0 aliphatic carbocycles. The van der Waals surface area contributed by atoms with Crippen LogP contribution in [0.2, 0.25) is 0 Å². The van der Waals surface area contributed by atoms with Crippen LogP contribution in [0.3, 0.4) is 0 Å². The predicted molar refractivity (Wildman–Crippen MR) is 94.7 cm³/mol. The summed E-state index contributed by atoms with van der Waals surface area (Å²) in [6.45, 7) is 4.20. The fourth-order valence-corrected chi connectivity index (χ4v) is 3.08. The third kappa shape index (κ3) is 3.65. The maximum absolute atomic E-state index is 12.8. The third-order valence-corrected chi connectivity index (χ3v) is 4.45. The van der Waals surface area contributed by atoms with Crippen LogP contribution in [0.1, 0.15) is 23.7 Å². The molecule has 4 nitrogen and oxygen atoms in total. The Morgan fingerprint density at radius 2 is 1.46 bits per heavy atom. The molecule has 2 aromatic rings. The molecule has 1 saturated heterocycles. The maximum atomic E-state index is 12.8. The largest absolute Gasteiger partial charge is 0.341 e. The summed E-state index contributed by atoms with van der Waals surface area (Å²) in [4.78, 5) is 28.0. The molecular weight excluding hydrogens is 300 g/mol. The van der Waals surface area contributed by atoms with Crippen molar-refractivity contribution < 1.29 is 9.59 Å². The molecule has 0 unspecified atom stereocenters. The van der Waals surface area contributed by atoms with E-state index in [1.165, 1.54) is 0 Å². The second-order valence-corrected chi connectivity index (χ2v) is 6.10. The Morgan fingerprint density at radius 1 is 0.792 bits per heavy atom. The normalized spacial score (nSPS) is 15.0. The zero-order valence-electron chi connectivity index (χ0n) is 13.9. The third-order valence-electron chi connectivity index (χ3n) is 4.45. The molecule has 0 saturated carbocycles. The molecule has 4 heteroatoms. The number of carbonyl (C=O) groups excluding carboxylic acids is 2. The Kier molecular flexibility index (Phi) is 4.94. The summed E-state index contributed by atoms with van der Waals surface area (Å²) in [6.07, 6.45) is 0.823. The SMILES string of the molecule is CC(=O)N1CCCN(C(=O)c2cccc(-c3ccccc3)c2)CC1. The summed E-state index contributed by atoms with van der Waals surface area (Å²) in [5.74, 6) is 0.119. The first-order valence-corrected chi connectivity index (χ1v) is 8.35. The molecule has 1 aliphatic heterocycles. The van der Waals surface area contributed by atoms with Gasteiger partial charge in [0.05, 0.1) is 0 Å². The van der Waals surface area contributed by atoms with Crippen molar-refractivity contribution in [2.45, 2.75) is 13.3 Å².